The Morgan fingerprint density at radius 2 is 2.06 bits per heavy atom. The molecule has 0 aliphatic heterocycles. The van der Waals surface area contributed by atoms with Crippen LogP contribution in [0.1, 0.15) is 12.5 Å². The van der Waals surface area contributed by atoms with Gasteiger partial charge in [0.1, 0.15) is 0 Å². The molecule has 1 N–H and O–H groups in total. The van der Waals surface area contributed by atoms with Crippen LogP contribution in [-0.4, -0.2) is 17.5 Å². The fourth-order valence-electron chi connectivity index (χ4n) is 1.24. The third kappa shape index (κ3) is 4.25. The highest BCUT2D eigenvalue weighted by molar-refractivity contribution is 5.91. The molecule has 1 rings (SSSR count). The predicted octanol–water partition coefficient (Wildman–Crippen LogP) is 2.09. The number of nitrogens with one attached hydrogen (secondary N) is 1. The smallest absolute Gasteiger partial charge is 0.361 e. The number of carbonyl (C=O) groups excluding carboxylic acids is 1. The van der Waals surface area contributed by atoms with Gasteiger partial charge < -0.3 is 10.1 Å². The summed E-state index contributed by atoms with van der Waals surface area (Å²) in [5.74, 6) is -0.755. The van der Waals surface area contributed by atoms with Crippen LogP contribution in [0.25, 0.3) is 0 Å². The van der Waals surface area contributed by atoms with Gasteiger partial charge in [-0.2, -0.15) is 0 Å². The van der Waals surface area contributed by atoms with Gasteiger partial charge in [-0.05, 0) is 26.0 Å². The van der Waals surface area contributed by atoms with Gasteiger partial charge in [0.25, 0.3) is 6.20 Å². The van der Waals surface area contributed by atoms with Crippen molar-refractivity contribution >= 4 is 11.7 Å². The van der Waals surface area contributed by atoms with Crippen LogP contribution in [0.2, 0.25) is 0 Å². The molecule has 6 heteroatoms. The van der Waals surface area contributed by atoms with E-state index < -0.39 is 10.9 Å². The standard InChI is InChI=1S/C12H14N2O4/c1-3-18-12(15)11(8-14(16)17)13-10-6-4-9(2)5-7-10/h4-8,13H,3H2,1-2H3/b11-8-. The minimum Gasteiger partial charge on any atom is -0.461 e. The molecule has 0 saturated heterocycles. The van der Waals surface area contributed by atoms with Gasteiger partial charge in [-0.15, -0.1) is 0 Å². The number of benzene rings is 1. The maximum Gasteiger partial charge on any atom is 0.361 e. The number of hydrogen-bond acceptors (Lipinski definition) is 5. The van der Waals surface area contributed by atoms with Crippen LogP contribution in [0.4, 0.5) is 5.69 Å². The Bertz CT molecular complexity index is 465. The third-order valence-electron chi connectivity index (χ3n) is 2.06. The van der Waals surface area contributed by atoms with Crippen molar-refractivity contribution in [3.63, 3.8) is 0 Å². The Morgan fingerprint density at radius 1 is 1.44 bits per heavy atom. The van der Waals surface area contributed by atoms with Crippen LogP contribution in [0.3, 0.4) is 0 Å². The van der Waals surface area contributed by atoms with Crippen molar-refractivity contribution < 1.29 is 14.5 Å². The summed E-state index contributed by atoms with van der Waals surface area (Å²) in [5.41, 5.74) is 1.43. The summed E-state index contributed by atoms with van der Waals surface area (Å²) in [6.07, 6.45) is 0.595. The number of nitro groups is 1. The predicted molar refractivity (Wildman–Crippen MR) is 66.5 cm³/mol. The van der Waals surface area contributed by atoms with Crippen LogP contribution in [0, 0.1) is 17.0 Å². The molecule has 6 nitrogen and oxygen atoms in total. The topological polar surface area (TPSA) is 81.5 Å². The second kappa shape index (κ2) is 6.39. The number of rotatable bonds is 5. The Morgan fingerprint density at radius 3 is 2.56 bits per heavy atom. The van der Waals surface area contributed by atoms with Crippen LogP contribution in [-0.2, 0) is 9.53 Å². The summed E-state index contributed by atoms with van der Waals surface area (Å²) in [4.78, 5) is 21.2. The number of anilines is 1. The van der Waals surface area contributed by atoms with E-state index in [4.69, 9.17) is 4.74 Å². The fourth-order valence-corrected chi connectivity index (χ4v) is 1.24. The van der Waals surface area contributed by atoms with E-state index in [9.17, 15) is 14.9 Å². The molecule has 0 saturated carbocycles. The Hall–Kier alpha value is -2.37. The fraction of sp³-hybridized carbons (Fsp3) is 0.250. The molecule has 0 spiro atoms. The normalized spacial score (nSPS) is 10.9. The van der Waals surface area contributed by atoms with Gasteiger partial charge in [-0.25, -0.2) is 4.79 Å². The van der Waals surface area contributed by atoms with Crippen molar-refractivity contribution in [2.75, 3.05) is 11.9 Å². The summed E-state index contributed by atoms with van der Waals surface area (Å²) in [6, 6.07) is 7.11. The largest absolute Gasteiger partial charge is 0.461 e. The van der Waals surface area contributed by atoms with Crippen LogP contribution in [0.5, 0.6) is 0 Å². The van der Waals surface area contributed by atoms with Gasteiger partial charge in [0.05, 0.1) is 11.5 Å². The summed E-state index contributed by atoms with van der Waals surface area (Å²) in [5, 5.41) is 13.1. The monoisotopic (exact) mass is 250 g/mol. The first-order valence-corrected chi connectivity index (χ1v) is 5.39. The lowest BCUT2D eigenvalue weighted by molar-refractivity contribution is -0.403. The lowest BCUT2D eigenvalue weighted by Crippen LogP contribution is -2.16. The van der Waals surface area contributed by atoms with E-state index in [1.54, 1.807) is 19.1 Å². The summed E-state index contributed by atoms with van der Waals surface area (Å²) < 4.78 is 4.73. The molecule has 0 aromatic heterocycles. The van der Waals surface area contributed by atoms with Crippen molar-refractivity contribution in [2.45, 2.75) is 13.8 Å². The van der Waals surface area contributed by atoms with E-state index in [-0.39, 0.29) is 12.3 Å². The molecule has 96 valence electrons. The number of ether oxygens (including phenoxy) is 1. The number of aryl methyl sites for hydroxylation is 1. The average molecular weight is 250 g/mol. The van der Waals surface area contributed by atoms with Gasteiger partial charge in [0, 0.05) is 5.69 Å². The lowest BCUT2D eigenvalue weighted by atomic mass is 10.2. The number of hydrogen-bond donors (Lipinski definition) is 1. The molecule has 0 fully saturated rings. The summed E-state index contributed by atoms with van der Waals surface area (Å²) in [7, 11) is 0. The van der Waals surface area contributed by atoms with E-state index >= 15 is 0 Å². The maximum atomic E-state index is 11.5. The number of esters is 1. The molecule has 0 heterocycles. The molecule has 0 atom stereocenters. The minimum absolute atomic E-state index is 0.156. The number of nitrogens with zero attached hydrogens (tertiary/aromatic N) is 1. The van der Waals surface area contributed by atoms with E-state index in [1.165, 1.54) is 0 Å². The van der Waals surface area contributed by atoms with E-state index in [2.05, 4.69) is 5.32 Å². The molecule has 0 bridgehead atoms. The van der Waals surface area contributed by atoms with Crippen molar-refractivity contribution in [2.24, 2.45) is 0 Å². The van der Waals surface area contributed by atoms with Gasteiger partial charge in [-0.3, -0.25) is 10.1 Å². The SMILES string of the molecule is CCOC(=O)/C(=C/[N+](=O)[O-])Nc1ccc(C)cc1. The molecular formula is C12H14N2O4. The minimum atomic E-state index is -0.755. The zero-order chi connectivity index (χ0) is 13.5. The van der Waals surface area contributed by atoms with Gasteiger partial charge in [0.15, 0.2) is 5.70 Å². The molecule has 18 heavy (non-hydrogen) atoms. The Kier molecular flexibility index (Phi) is 4.86. The van der Waals surface area contributed by atoms with Gasteiger partial charge in [0.2, 0.25) is 0 Å². The van der Waals surface area contributed by atoms with E-state index in [0.717, 1.165) is 5.56 Å². The van der Waals surface area contributed by atoms with Crippen molar-refractivity contribution in [1.82, 2.24) is 0 Å². The van der Waals surface area contributed by atoms with Crippen molar-refractivity contribution in [3.05, 3.63) is 51.8 Å². The van der Waals surface area contributed by atoms with E-state index in [0.29, 0.717) is 11.9 Å². The first-order valence-electron chi connectivity index (χ1n) is 5.39. The van der Waals surface area contributed by atoms with Crippen LogP contribution in [0.15, 0.2) is 36.2 Å². The Balaban J connectivity index is 2.88. The molecule has 0 unspecified atom stereocenters. The zero-order valence-corrected chi connectivity index (χ0v) is 10.2. The second-order valence-electron chi connectivity index (χ2n) is 3.54. The number of carbonyl (C=O) groups is 1. The first-order chi connectivity index (χ1) is 8.52. The molecular weight excluding hydrogens is 236 g/mol. The highest BCUT2D eigenvalue weighted by Gasteiger charge is 2.15. The second-order valence-corrected chi connectivity index (χ2v) is 3.54. The Labute approximate surface area is 104 Å². The quantitative estimate of drug-likeness (QED) is 0.374. The maximum absolute atomic E-state index is 11.5. The summed E-state index contributed by atoms with van der Waals surface area (Å²) in [6.45, 7) is 3.71. The lowest BCUT2D eigenvalue weighted by Gasteiger charge is -2.08. The molecule has 0 aliphatic rings. The molecule has 1 aromatic rings. The molecule has 0 aliphatic carbocycles. The highest BCUT2D eigenvalue weighted by atomic mass is 16.6. The van der Waals surface area contributed by atoms with Crippen molar-refractivity contribution in [1.29, 1.82) is 0 Å². The molecule has 0 amide bonds. The molecule has 0 radical (unpaired) electrons. The van der Waals surface area contributed by atoms with Gasteiger partial charge >= 0.3 is 5.97 Å². The first kappa shape index (κ1) is 13.7. The van der Waals surface area contributed by atoms with Crippen LogP contribution >= 0.6 is 0 Å². The van der Waals surface area contributed by atoms with Crippen LogP contribution < -0.4 is 5.32 Å². The van der Waals surface area contributed by atoms with Crippen molar-refractivity contribution in [3.8, 4) is 0 Å². The molecule has 1 aromatic carbocycles. The van der Waals surface area contributed by atoms with E-state index in [1.807, 2.05) is 19.1 Å². The van der Waals surface area contributed by atoms with Gasteiger partial charge in [-0.1, -0.05) is 17.7 Å². The average Bonchev–Trinajstić information content (AvgIpc) is 2.31. The zero-order valence-electron chi connectivity index (χ0n) is 10.2. The third-order valence-corrected chi connectivity index (χ3v) is 2.06. The highest BCUT2D eigenvalue weighted by Crippen LogP contribution is 2.12. The summed E-state index contributed by atoms with van der Waals surface area (Å²) >= 11 is 0.